The molecular formula is C8H7Cl2F3N2O4S2. The maximum Gasteiger partial charge on any atom is 0.420 e. The highest BCUT2D eigenvalue weighted by Gasteiger charge is 2.43. The first-order valence-electron chi connectivity index (χ1n) is 4.91. The number of carbonyl (C=O) groups is 1. The lowest BCUT2D eigenvalue weighted by molar-refractivity contribution is -0.140. The van der Waals surface area contributed by atoms with E-state index in [1.807, 2.05) is 0 Å². The molecule has 0 aliphatic heterocycles. The first-order chi connectivity index (χ1) is 9.38. The smallest absolute Gasteiger partial charge is 0.420 e. The number of rotatable bonds is 5. The summed E-state index contributed by atoms with van der Waals surface area (Å²) in [6, 6.07) is -1.62. The van der Waals surface area contributed by atoms with Gasteiger partial charge in [-0.25, -0.2) is 13.1 Å². The predicted octanol–water partition coefficient (Wildman–Crippen LogP) is 1.76. The fraction of sp³-hybridized carbons (Fsp3) is 0.375. The van der Waals surface area contributed by atoms with Gasteiger partial charge in [0.15, 0.2) is 0 Å². The number of halogens is 5. The monoisotopic (exact) mass is 386 g/mol. The summed E-state index contributed by atoms with van der Waals surface area (Å²) in [6.45, 7) is -0.807. The van der Waals surface area contributed by atoms with Crippen LogP contribution < -0.4 is 10.5 Å². The molecule has 1 aromatic rings. The zero-order chi connectivity index (χ0) is 16.6. The summed E-state index contributed by atoms with van der Waals surface area (Å²) in [5.74, 6) is -1.52. The minimum Gasteiger partial charge on any atom is -0.480 e. The Balaban J connectivity index is 3.24. The molecule has 0 aromatic carbocycles. The Morgan fingerprint density at radius 3 is 2.33 bits per heavy atom. The van der Waals surface area contributed by atoms with E-state index in [2.05, 4.69) is 0 Å². The highest BCUT2D eigenvalue weighted by molar-refractivity contribution is 7.89. The number of carboxylic acids is 1. The Hall–Kier alpha value is -0.590. The van der Waals surface area contributed by atoms with E-state index in [-0.39, 0.29) is 11.3 Å². The summed E-state index contributed by atoms with van der Waals surface area (Å²) in [6.07, 6.45) is -5.04. The molecule has 0 saturated carbocycles. The van der Waals surface area contributed by atoms with Crippen LogP contribution in [0, 0.1) is 0 Å². The zero-order valence-corrected chi connectivity index (χ0v) is 12.9. The topological polar surface area (TPSA) is 109 Å². The molecule has 1 rings (SSSR count). The molecule has 0 aliphatic carbocycles. The summed E-state index contributed by atoms with van der Waals surface area (Å²) in [5.41, 5.74) is 3.46. The van der Waals surface area contributed by atoms with Gasteiger partial charge in [-0.05, 0) is 0 Å². The number of aliphatic carboxylic acids is 1. The van der Waals surface area contributed by atoms with E-state index < -0.39 is 53.9 Å². The van der Waals surface area contributed by atoms with Crippen LogP contribution in [0.4, 0.5) is 13.2 Å². The van der Waals surface area contributed by atoms with Gasteiger partial charge in [0.25, 0.3) is 0 Å². The van der Waals surface area contributed by atoms with Crippen molar-refractivity contribution in [1.29, 1.82) is 0 Å². The van der Waals surface area contributed by atoms with Gasteiger partial charge in [-0.2, -0.15) is 13.2 Å². The number of alkyl halides is 3. The Bertz CT molecular complexity index is 659. The van der Waals surface area contributed by atoms with E-state index in [4.69, 9.17) is 34.0 Å². The lowest BCUT2D eigenvalue weighted by atomic mass is 10.3. The summed E-state index contributed by atoms with van der Waals surface area (Å²) in [4.78, 5) is 9.22. The second-order valence-electron chi connectivity index (χ2n) is 3.65. The maximum absolute atomic E-state index is 12.8. The molecule has 1 unspecified atom stereocenters. The number of carboxylic acid groups (broad SMARTS) is 1. The molecule has 1 heterocycles. The predicted molar refractivity (Wildman–Crippen MR) is 70.1 cm³/mol. The number of nitrogens with two attached hydrogens (primary N) is 1. The van der Waals surface area contributed by atoms with Gasteiger partial charge in [0, 0.05) is 6.54 Å². The highest BCUT2D eigenvalue weighted by atomic mass is 35.5. The average molecular weight is 387 g/mol. The molecule has 1 aromatic heterocycles. The Morgan fingerprint density at radius 1 is 1.38 bits per heavy atom. The largest absolute Gasteiger partial charge is 0.480 e. The van der Waals surface area contributed by atoms with Crippen LogP contribution in [-0.4, -0.2) is 32.1 Å². The molecule has 0 bridgehead atoms. The Labute approximate surface area is 130 Å². The summed E-state index contributed by atoms with van der Waals surface area (Å²) >= 11 is 11.1. The number of nitrogens with one attached hydrogen (secondary N) is 1. The van der Waals surface area contributed by atoms with Crippen molar-refractivity contribution in [2.75, 3.05) is 6.54 Å². The third-order valence-electron chi connectivity index (χ3n) is 2.14. The Morgan fingerprint density at radius 2 is 1.90 bits per heavy atom. The van der Waals surface area contributed by atoms with Crippen LogP contribution in [-0.2, 0) is 21.0 Å². The minimum absolute atomic E-state index is 0.234. The van der Waals surface area contributed by atoms with E-state index >= 15 is 0 Å². The quantitative estimate of drug-likeness (QED) is 0.714. The number of thiophene rings is 1. The summed E-state index contributed by atoms with van der Waals surface area (Å²) < 4.78 is 62.4. The van der Waals surface area contributed by atoms with Gasteiger partial charge in [0.2, 0.25) is 10.0 Å². The molecule has 0 saturated heterocycles. The van der Waals surface area contributed by atoms with Gasteiger partial charge >= 0.3 is 12.1 Å². The van der Waals surface area contributed by atoms with Crippen LogP contribution in [0.1, 0.15) is 5.56 Å². The molecular weight excluding hydrogens is 380 g/mol. The van der Waals surface area contributed by atoms with Crippen molar-refractivity contribution >= 4 is 50.5 Å². The number of hydrogen-bond acceptors (Lipinski definition) is 5. The van der Waals surface area contributed by atoms with Gasteiger partial charge in [-0.15, -0.1) is 11.3 Å². The molecule has 1 atom stereocenters. The van der Waals surface area contributed by atoms with E-state index in [1.165, 1.54) is 0 Å². The lowest BCUT2D eigenvalue weighted by Gasteiger charge is -2.12. The summed E-state index contributed by atoms with van der Waals surface area (Å²) in [5, 5.41) is 8.51. The van der Waals surface area contributed by atoms with Crippen molar-refractivity contribution in [3.63, 3.8) is 0 Å². The van der Waals surface area contributed by atoms with Gasteiger partial charge in [0.05, 0.1) is 0 Å². The third kappa shape index (κ3) is 4.20. The second kappa shape index (κ2) is 6.26. The maximum atomic E-state index is 12.8. The van der Waals surface area contributed by atoms with Gasteiger partial charge in [-0.1, -0.05) is 23.2 Å². The molecule has 0 aliphatic rings. The fourth-order valence-electron chi connectivity index (χ4n) is 1.20. The molecule has 6 nitrogen and oxygen atoms in total. The van der Waals surface area contributed by atoms with E-state index in [0.29, 0.717) is 0 Å². The normalized spacial score (nSPS) is 14.2. The first kappa shape index (κ1) is 18.5. The lowest BCUT2D eigenvalue weighted by Crippen LogP contribution is -2.42. The molecule has 0 radical (unpaired) electrons. The van der Waals surface area contributed by atoms with E-state index in [1.54, 1.807) is 4.72 Å². The van der Waals surface area contributed by atoms with Crippen LogP contribution in [0.5, 0.6) is 0 Å². The molecule has 4 N–H and O–H groups in total. The first-order valence-corrected chi connectivity index (χ1v) is 7.96. The van der Waals surface area contributed by atoms with Crippen LogP contribution >= 0.6 is 34.5 Å². The molecule has 0 spiro atoms. The number of sulfonamides is 1. The fourth-order valence-corrected chi connectivity index (χ4v) is 4.87. The van der Waals surface area contributed by atoms with Crippen LogP contribution in [0.15, 0.2) is 4.90 Å². The van der Waals surface area contributed by atoms with Crippen molar-refractivity contribution in [2.45, 2.75) is 17.1 Å². The third-order valence-corrected chi connectivity index (χ3v) is 5.49. The average Bonchev–Trinajstić information content (AvgIpc) is 2.61. The van der Waals surface area contributed by atoms with E-state index in [0.717, 1.165) is 0 Å². The van der Waals surface area contributed by atoms with Crippen LogP contribution in [0.3, 0.4) is 0 Å². The van der Waals surface area contributed by atoms with Gasteiger partial charge in [-0.3, -0.25) is 4.79 Å². The molecule has 21 heavy (non-hydrogen) atoms. The van der Waals surface area contributed by atoms with Crippen molar-refractivity contribution in [3.8, 4) is 0 Å². The molecule has 120 valence electrons. The molecule has 13 heteroatoms. The Kier molecular flexibility index (Phi) is 5.51. The molecule has 0 amide bonds. The van der Waals surface area contributed by atoms with Crippen molar-refractivity contribution < 1.29 is 31.5 Å². The SMILES string of the molecule is NC(CNS(=O)(=O)c1c(Cl)sc(Cl)c1C(F)(F)F)C(=O)O. The van der Waals surface area contributed by atoms with Crippen molar-refractivity contribution in [2.24, 2.45) is 5.73 Å². The van der Waals surface area contributed by atoms with Gasteiger partial charge < -0.3 is 10.8 Å². The van der Waals surface area contributed by atoms with Crippen molar-refractivity contribution in [1.82, 2.24) is 4.72 Å². The highest BCUT2D eigenvalue weighted by Crippen LogP contribution is 2.47. The minimum atomic E-state index is -5.04. The van der Waals surface area contributed by atoms with Crippen LogP contribution in [0.2, 0.25) is 8.67 Å². The summed E-state index contributed by atoms with van der Waals surface area (Å²) in [7, 11) is -4.73. The molecule has 0 fully saturated rings. The van der Waals surface area contributed by atoms with Crippen molar-refractivity contribution in [3.05, 3.63) is 14.2 Å². The van der Waals surface area contributed by atoms with Gasteiger partial charge in [0.1, 0.15) is 25.2 Å². The second-order valence-corrected chi connectivity index (χ2v) is 7.58. The zero-order valence-electron chi connectivity index (χ0n) is 9.74. The van der Waals surface area contributed by atoms with Crippen LogP contribution in [0.25, 0.3) is 0 Å². The van der Waals surface area contributed by atoms with E-state index in [9.17, 15) is 26.4 Å². The standard InChI is InChI=1S/C8H7Cl2F3N2O4S2/c9-5-3(8(11,12)13)4(6(10)20-5)21(18,19)15-1-2(14)7(16)17/h2,15H,1,14H2,(H,16,17). The number of hydrogen-bond donors (Lipinski definition) is 3.